The van der Waals surface area contributed by atoms with Crippen LogP contribution in [-0.4, -0.2) is 0 Å². The minimum absolute atomic E-state index is 0.100. The molecule has 0 bridgehead atoms. The molecule has 0 spiro atoms. The molecule has 2 rings (SSSR count). The Labute approximate surface area is 116 Å². The Morgan fingerprint density at radius 1 is 1.33 bits per heavy atom. The van der Waals surface area contributed by atoms with Gasteiger partial charge in [0.1, 0.15) is 5.82 Å². The lowest BCUT2D eigenvalue weighted by Crippen LogP contribution is -2.30. The number of hydrogen-bond acceptors (Lipinski definition) is 2. The van der Waals surface area contributed by atoms with E-state index in [-0.39, 0.29) is 11.9 Å². The van der Waals surface area contributed by atoms with Gasteiger partial charge in [0, 0.05) is 10.5 Å². The van der Waals surface area contributed by atoms with Crippen LogP contribution in [0.25, 0.3) is 0 Å². The molecule has 0 heterocycles. The maximum absolute atomic E-state index is 13.1. The summed E-state index contributed by atoms with van der Waals surface area (Å²) < 4.78 is 13.9. The van der Waals surface area contributed by atoms with Crippen molar-refractivity contribution >= 4 is 15.9 Å². The van der Waals surface area contributed by atoms with Crippen LogP contribution in [0.15, 0.2) is 22.7 Å². The molecule has 1 aromatic rings. The molecule has 100 valence electrons. The summed E-state index contributed by atoms with van der Waals surface area (Å²) in [4.78, 5) is 0. The molecule has 0 radical (unpaired) electrons. The van der Waals surface area contributed by atoms with Crippen molar-refractivity contribution in [3.63, 3.8) is 0 Å². The topological polar surface area (TPSA) is 38.0 Å². The van der Waals surface area contributed by atoms with E-state index >= 15 is 0 Å². The van der Waals surface area contributed by atoms with E-state index in [4.69, 9.17) is 5.84 Å². The number of nitrogens with two attached hydrogens (primary N) is 1. The van der Waals surface area contributed by atoms with Gasteiger partial charge < -0.3 is 0 Å². The predicted molar refractivity (Wildman–Crippen MR) is 75.4 cm³/mol. The molecular weight excluding hydrogens is 295 g/mol. The molecule has 0 amide bonds. The summed E-state index contributed by atoms with van der Waals surface area (Å²) in [6.45, 7) is 0. The molecule has 4 heteroatoms. The van der Waals surface area contributed by atoms with Gasteiger partial charge in [-0.2, -0.15) is 0 Å². The van der Waals surface area contributed by atoms with Crippen molar-refractivity contribution in [1.29, 1.82) is 0 Å². The third-order valence-corrected chi connectivity index (χ3v) is 4.52. The summed E-state index contributed by atoms with van der Waals surface area (Å²) in [5, 5.41) is 0. The average Bonchev–Trinajstić information content (AvgIpc) is 2.38. The van der Waals surface area contributed by atoms with Gasteiger partial charge in [0.2, 0.25) is 0 Å². The van der Waals surface area contributed by atoms with E-state index in [2.05, 4.69) is 21.4 Å². The highest BCUT2D eigenvalue weighted by molar-refractivity contribution is 9.10. The Morgan fingerprint density at radius 2 is 2.06 bits per heavy atom. The quantitative estimate of drug-likeness (QED) is 0.649. The molecular formula is C14H20BrFN2. The molecule has 1 aliphatic rings. The van der Waals surface area contributed by atoms with Gasteiger partial charge >= 0.3 is 0 Å². The maximum atomic E-state index is 13.1. The summed E-state index contributed by atoms with van der Waals surface area (Å²) in [6, 6.07) is 4.90. The van der Waals surface area contributed by atoms with E-state index in [0.29, 0.717) is 0 Å². The molecule has 1 aromatic carbocycles. The van der Waals surface area contributed by atoms with Gasteiger partial charge in [0.15, 0.2) is 0 Å². The molecule has 1 atom stereocenters. The number of benzene rings is 1. The van der Waals surface area contributed by atoms with Gasteiger partial charge in [-0.3, -0.25) is 11.3 Å². The summed E-state index contributed by atoms with van der Waals surface area (Å²) >= 11 is 3.42. The van der Waals surface area contributed by atoms with Crippen molar-refractivity contribution in [2.45, 2.75) is 44.6 Å². The van der Waals surface area contributed by atoms with Gasteiger partial charge in [-0.05, 0) is 30.0 Å². The summed E-state index contributed by atoms with van der Waals surface area (Å²) in [6.07, 6.45) is 7.62. The lowest BCUT2D eigenvalue weighted by Gasteiger charge is -2.27. The normalized spacial score (nSPS) is 18.8. The molecule has 1 aliphatic carbocycles. The van der Waals surface area contributed by atoms with Crippen molar-refractivity contribution in [2.75, 3.05) is 0 Å². The molecule has 1 fully saturated rings. The predicted octanol–water partition coefficient (Wildman–Crippen LogP) is 4.06. The zero-order chi connectivity index (χ0) is 13.0. The molecule has 1 unspecified atom stereocenters. The maximum Gasteiger partial charge on any atom is 0.124 e. The Kier molecular flexibility index (Phi) is 5.15. The number of halogens is 2. The Bertz CT molecular complexity index is 391. The highest BCUT2D eigenvalue weighted by atomic mass is 79.9. The number of hydrazine groups is 1. The highest BCUT2D eigenvalue weighted by Crippen LogP contribution is 2.34. The smallest absolute Gasteiger partial charge is 0.124 e. The van der Waals surface area contributed by atoms with Crippen LogP contribution in [0.2, 0.25) is 0 Å². The average molecular weight is 315 g/mol. The molecule has 0 aromatic heterocycles. The molecule has 2 nitrogen and oxygen atoms in total. The van der Waals surface area contributed by atoms with Crippen molar-refractivity contribution in [1.82, 2.24) is 5.43 Å². The number of hydrogen-bond donors (Lipinski definition) is 2. The minimum atomic E-state index is -0.223. The van der Waals surface area contributed by atoms with E-state index in [1.54, 1.807) is 0 Å². The first-order chi connectivity index (χ1) is 8.70. The van der Waals surface area contributed by atoms with Crippen LogP contribution in [0.3, 0.4) is 0 Å². The summed E-state index contributed by atoms with van der Waals surface area (Å²) in [5.74, 6) is 6.17. The van der Waals surface area contributed by atoms with Gasteiger partial charge in [-0.15, -0.1) is 0 Å². The molecule has 1 saturated carbocycles. The monoisotopic (exact) mass is 314 g/mol. The fourth-order valence-corrected chi connectivity index (χ4v) is 3.45. The second-order valence-electron chi connectivity index (χ2n) is 5.12. The van der Waals surface area contributed by atoms with Crippen LogP contribution < -0.4 is 11.3 Å². The lowest BCUT2D eigenvalue weighted by atomic mass is 9.83. The molecule has 0 saturated heterocycles. The third-order valence-electron chi connectivity index (χ3n) is 3.83. The van der Waals surface area contributed by atoms with Crippen LogP contribution in [0.1, 0.15) is 50.1 Å². The van der Waals surface area contributed by atoms with E-state index in [9.17, 15) is 4.39 Å². The molecule has 18 heavy (non-hydrogen) atoms. The van der Waals surface area contributed by atoms with Crippen molar-refractivity contribution in [3.8, 4) is 0 Å². The zero-order valence-electron chi connectivity index (χ0n) is 10.5. The first kappa shape index (κ1) is 14.0. The largest absolute Gasteiger partial charge is 0.271 e. The van der Waals surface area contributed by atoms with Crippen LogP contribution in [0, 0.1) is 11.7 Å². The number of rotatable bonds is 4. The van der Waals surface area contributed by atoms with Gasteiger partial charge in [-0.25, -0.2) is 4.39 Å². The molecule has 3 N–H and O–H groups in total. The first-order valence-electron chi connectivity index (χ1n) is 6.62. The van der Waals surface area contributed by atoms with E-state index in [0.717, 1.165) is 22.4 Å². The fourth-order valence-electron chi connectivity index (χ4n) is 2.83. The van der Waals surface area contributed by atoms with Gasteiger partial charge in [-0.1, -0.05) is 54.1 Å². The Balaban J connectivity index is 2.07. The van der Waals surface area contributed by atoms with E-state index < -0.39 is 0 Å². The minimum Gasteiger partial charge on any atom is -0.271 e. The third kappa shape index (κ3) is 3.53. The van der Waals surface area contributed by atoms with Crippen molar-refractivity contribution in [3.05, 3.63) is 34.1 Å². The fraction of sp³-hybridized carbons (Fsp3) is 0.571. The van der Waals surface area contributed by atoms with Crippen molar-refractivity contribution < 1.29 is 4.39 Å². The van der Waals surface area contributed by atoms with Crippen LogP contribution in [0.5, 0.6) is 0 Å². The highest BCUT2D eigenvalue weighted by Gasteiger charge is 2.21. The summed E-state index contributed by atoms with van der Waals surface area (Å²) in [7, 11) is 0. The van der Waals surface area contributed by atoms with Gasteiger partial charge in [0.05, 0.1) is 0 Å². The summed E-state index contributed by atoms with van der Waals surface area (Å²) in [5.41, 5.74) is 3.92. The standard InChI is InChI=1S/C14H20BrFN2/c15-13-9-11(16)6-7-12(13)14(18-17)8-10-4-2-1-3-5-10/h6-7,9-10,14,18H,1-5,8,17H2. The zero-order valence-corrected chi connectivity index (χ0v) is 12.0. The second-order valence-corrected chi connectivity index (χ2v) is 5.98. The lowest BCUT2D eigenvalue weighted by molar-refractivity contribution is 0.300. The first-order valence-corrected chi connectivity index (χ1v) is 7.41. The Morgan fingerprint density at radius 3 is 2.67 bits per heavy atom. The van der Waals surface area contributed by atoms with Crippen LogP contribution in [-0.2, 0) is 0 Å². The Hall–Kier alpha value is -0.450. The van der Waals surface area contributed by atoms with E-state index in [1.165, 1.54) is 44.2 Å². The van der Waals surface area contributed by atoms with Gasteiger partial charge in [0.25, 0.3) is 0 Å². The van der Waals surface area contributed by atoms with Crippen molar-refractivity contribution in [2.24, 2.45) is 11.8 Å². The van der Waals surface area contributed by atoms with Crippen LogP contribution >= 0.6 is 15.9 Å². The number of nitrogens with one attached hydrogen (secondary N) is 1. The second kappa shape index (κ2) is 6.64. The SMILES string of the molecule is NNC(CC1CCCCC1)c1ccc(F)cc1Br. The van der Waals surface area contributed by atoms with Crippen LogP contribution in [0.4, 0.5) is 4.39 Å². The van der Waals surface area contributed by atoms with E-state index in [1.807, 2.05) is 6.07 Å². The molecule has 0 aliphatic heterocycles.